The van der Waals surface area contributed by atoms with E-state index in [2.05, 4.69) is 13.8 Å². The van der Waals surface area contributed by atoms with Crippen LogP contribution in [0.15, 0.2) is 18.2 Å². The molecule has 0 unspecified atom stereocenters. The molecular formula is C12H18FNO. The number of methoxy groups -OCH3 is 1. The molecule has 0 amide bonds. The van der Waals surface area contributed by atoms with Gasteiger partial charge in [-0.1, -0.05) is 19.9 Å². The van der Waals surface area contributed by atoms with Crippen LogP contribution in [-0.4, -0.2) is 7.11 Å². The maximum Gasteiger partial charge on any atom is 0.131 e. The molecule has 0 radical (unpaired) electrons. The highest BCUT2D eigenvalue weighted by atomic mass is 19.1. The zero-order valence-corrected chi connectivity index (χ0v) is 9.46. The highest BCUT2D eigenvalue weighted by molar-refractivity contribution is 5.37. The molecule has 2 nitrogen and oxygen atoms in total. The van der Waals surface area contributed by atoms with Crippen molar-refractivity contribution < 1.29 is 9.13 Å². The van der Waals surface area contributed by atoms with Crippen LogP contribution in [0.5, 0.6) is 5.75 Å². The van der Waals surface area contributed by atoms with Crippen molar-refractivity contribution >= 4 is 0 Å². The van der Waals surface area contributed by atoms with E-state index < -0.39 is 0 Å². The summed E-state index contributed by atoms with van der Waals surface area (Å²) in [5.41, 5.74) is 6.43. The second kappa shape index (κ2) is 5.12. The molecule has 0 fully saturated rings. The third-order valence-corrected chi connectivity index (χ3v) is 2.33. The van der Waals surface area contributed by atoms with Gasteiger partial charge in [0.05, 0.1) is 7.11 Å². The molecule has 0 saturated carbocycles. The van der Waals surface area contributed by atoms with Crippen LogP contribution in [0.1, 0.15) is 31.9 Å². The first kappa shape index (κ1) is 12.0. The monoisotopic (exact) mass is 211 g/mol. The Morgan fingerprint density at radius 1 is 1.40 bits per heavy atom. The number of ether oxygens (including phenoxy) is 1. The van der Waals surface area contributed by atoms with E-state index in [1.54, 1.807) is 12.1 Å². The van der Waals surface area contributed by atoms with Gasteiger partial charge in [-0.05, 0) is 24.5 Å². The van der Waals surface area contributed by atoms with Crippen molar-refractivity contribution in [3.8, 4) is 5.75 Å². The number of benzene rings is 1. The van der Waals surface area contributed by atoms with Crippen LogP contribution < -0.4 is 10.5 Å². The van der Waals surface area contributed by atoms with Crippen molar-refractivity contribution in [2.45, 2.75) is 26.3 Å². The van der Waals surface area contributed by atoms with Gasteiger partial charge in [-0.25, -0.2) is 4.39 Å². The Bertz CT molecular complexity index is 325. The van der Waals surface area contributed by atoms with E-state index in [1.165, 1.54) is 13.2 Å². The highest BCUT2D eigenvalue weighted by Gasteiger charge is 2.17. The second-order valence-electron chi connectivity index (χ2n) is 4.09. The smallest absolute Gasteiger partial charge is 0.131 e. The minimum Gasteiger partial charge on any atom is -0.496 e. The Morgan fingerprint density at radius 2 is 2.07 bits per heavy atom. The van der Waals surface area contributed by atoms with Gasteiger partial charge in [-0.2, -0.15) is 0 Å². The van der Waals surface area contributed by atoms with Crippen LogP contribution in [0, 0.1) is 11.7 Å². The number of rotatable bonds is 4. The zero-order valence-electron chi connectivity index (χ0n) is 9.46. The van der Waals surface area contributed by atoms with Gasteiger partial charge in [-0.3, -0.25) is 0 Å². The number of halogens is 1. The lowest BCUT2D eigenvalue weighted by molar-refractivity contribution is 0.391. The number of nitrogens with two attached hydrogens (primary N) is 1. The Balaban J connectivity index is 3.00. The van der Waals surface area contributed by atoms with Crippen molar-refractivity contribution in [3.63, 3.8) is 0 Å². The normalized spacial score (nSPS) is 12.9. The Kier molecular flexibility index (Phi) is 4.09. The van der Waals surface area contributed by atoms with Crippen LogP contribution in [0.3, 0.4) is 0 Å². The first-order valence-electron chi connectivity index (χ1n) is 5.14. The minimum absolute atomic E-state index is 0.289. The fourth-order valence-electron chi connectivity index (χ4n) is 1.68. The van der Waals surface area contributed by atoms with Crippen LogP contribution in [0.4, 0.5) is 4.39 Å². The molecule has 0 aliphatic carbocycles. The van der Waals surface area contributed by atoms with Gasteiger partial charge in [0.25, 0.3) is 0 Å². The highest BCUT2D eigenvalue weighted by Crippen LogP contribution is 2.29. The Morgan fingerprint density at radius 3 is 2.60 bits per heavy atom. The minimum atomic E-state index is -0.304. The summed E-state index contributed by atoms with van der Waals surface area (Å²) in [4.78, 5) is 0. The molecular weight excluding hydrogens is 193 g/mol. The molecule has 0 aliphatic heterocycles. The summed E-state index contributed by atoms with van der Waals surface area (Å²) < 4.78 is 18.7. The van der Waals surface area contributed by atoms with Gasteiger partial charge in [-0.15, -0.1) is 0 Å². The number of hydrogen-bond acceptors (Lipinski definition) is 2. The van der Waals surface area contributed by atoms with E-state index >= 15 is 0 Å². The van der Waals surface area contributed by atoms with Gasteiger partial charge < -0.3 is 10.5 Å². The second-order valence-corrected chi connectivity index (χ2v) is 4.09. The molecule has 15 heavy (non-hydrogen) atoms. The average molecular weight is 211 g/mol. The Labute approximate surface area is 90.2 Å². The number of hydrogen-bond donors (Lipinski definition) is 1. The molecule has 0 aromatic heterocycles. The molecule has 0 spiro atoms. The predicted molar refractivity (Wildman–Crippen MR) is 59.3 cm³/mol. The molecule has 84 valence electrons. The van der Waals surface area contributed by atoms with Gasteiger partial charge in [0.1, 0.15) is 11.6 Å². The van der Waals surface area contributed by atoms with E-state index in [9.17, 15) is 4.39 Å². The fraction of sp³-hybridized carbons (Fsp3) is 0.500. The maximum absolute atomic E-state index is 13.6. The molecule has 1 rings (SSSR count). The van der Waals surface area contributed by atoms with Crippen LogP contribution in [0.2, 0.25) is 0 Å². The molecule has 0 bridgehead atoms. The third kappa shape index (κ3) is 2.93. The average Bonchev–Trinajstić information content (AvgIpc) is 2.15. The van der Waals surface area contributed by atoms with Crippen LogP contribution >= 0.6 is 0 Å². The van der Waals surface area contributed by atoms with Gasteiger partial charge >= 0.3 is 0 Å². The third-order valence-electron chi connectivity index (χ3n) is 2.33. The summed E-state index contributed by atoms with van der Waals surface area (Å²) in [6, 6.07) is 4.47. The van der Waals surface area contributed by atoms with Crippen molar-refractivity contribution in [2.75, 3.05) is 7.11 Å². The molecule has 0 heterocycles. The van der Waals surface area contributed by atoms with Gasteiger partial charge in [0.2, 0.25) is 0 Å². The lowest BCUT2D eigenvalue weighted by atomic mass is 9.97. The first-order valence-corrected chi connectivity index (χ1v) is 5.14. The molecule has 0 aliphatic rings. The largest absolute Gasteiger partial charge is 0.496 e. The molecule has 1 atom stereocenters. The maximum atomic E-state index is 13.6. The molecule has 2 N–H and O–H groups in total. The summed E-state index contributed by atoms with van der Waals surface area (Å²) in [6.45, 7) is 4.13. The quantitative estimate of drug-likeness (QED) is 0.831. The topological polar surface area (TPSA) is 35.2 Å². The molecule has 1 aromatic carbocycles. The van der Waals surface area contributed by atoms with Gasteiger partial charge in [0, 0.05) is 11.6 Å². The van der Waals surface area contributed by atoms with Crippen LogP contribution in [-0.2, 0) is 0 Å². The van der Waals surface area contributed by atoms with Crippen molar-refractivity contribution in [3.05, 3.63) is 29.6 Å². The summed E-state index contributed by atoms with van der Waals surface area (Å²) in [6.07, 6.45) is 0.747. The SMILES string of the molecule is COc1cccc(F)c1[C@@H](N)CC(C)C. The summed E-state index contributed by atoms with van der Waals surface area (Å²) >= 11 is 0. The van der Waals surface area contributed by atoms with Crippen molar-refractivity contribution in [2.24, 2.45) is 11.7 Å². The Hall–Kier alpha value is -1.09. The van der Waals surface area contributed by atoms with Gasteiger partial charge in [0.15, 0.2) is 0 Å². The van der Waals surface area contributed by atoms with Crippen molar-refractivity contribution in [1.29, 1.82) is 0 Å². The van der Waals surface area contributed by atoms with E-state index in [0.29, 0.717) is 17.2 Å². The first-order chi connectivity index (χ1) is 7.06. The predicted octanol–water partition coefficient (Wildman–Crippen LogP) is 2.88. The summed E-state index contributed by atoms with van der Waals surface area (Å²) in [5.74, 6) is 0.676. The lowest BCUT2D eigenvalue weighted by Crippen LogP contribution is -2.15. The summed E-state index contributed by atoms with van der Waals surface area (Å²) in [5, 5.41) is 0. The van der Waals surface area contributed by atoms with E-state index in [-0.39, 0.29) is 11.9 Å². The zero-order chi connectivity index (χ0) is 11.4. The standard InChI is InChI=1S/C12H18FNO/c1-8(2)7-10(14)12-9(13)5-4-6-11(12)15-3/h4-6,8,10H,7,14H2,1-3H3/t10-/m0/s1. The van der Waals surface area contributed by atoms with E-state index in [1.807, 2.05) is 0 Å². The lowest BCUT2D eigenvalue weighted by Gasteiger charge is -2.18. The molecule has 3 heteroatoms. The van der Waals surface area contributed by atoms with Crippen LogP contribution in [0.25, 0.3) is 0 Å². The molecule has 0 saturated heterocycles. The van der Waals surface area contributed by atoms with E-state index in [4.69, 9.17) is 10.5 Å². The summed E-state index contributed by atoms with van der Waals surface area (Å²) in [7, 11) is 1.53. The van der Waals surface area contributed by atoms with E-state index in [0.717, 1.165) is 6.42 Å². The fourth-order valence-corrected chi connectivity index (χ4v) is 1.68. The molecule has 1 aromatic rings. The van der Waals surface area contributed by atoms with Crippen molar-refractivity contribution in [1.82, 2.24) is 0 Å².